The maximum Gasteiger partial charge on any atom is 0.248 e. The number of nitrogens with zero attached hydrogens (tertiary/aromatic N) is 2. The Labute approximate surface area is 485 Å². The number of nitrogens with one attached hydrogen (secondary N) is 9. The zero-order valence-corrected chi connectivity index (χ0v) is 51.8. The molecule has 0 aromatic rings. The molecule has 25 heteroatoms. The predicted octanol–water partition coefficient (Wildman–Crippen LogP) is 0.290. The first kappa shape index (κ1) is 71.7. The number of rotatable bonds is 31. The number of carbonyl (C=O) groups excluding carboxylic acids is 12. The molecule has 0 spiro atoms. The largest absolute Gasteiger partial charge is 0.394 e. The lowest BCUT2D eigenvalue weighted by molar-refractivity contribution is -0.146. The Hall–Kier alpha value is -6.40. The van der Waals surface area contributed by atoms with Gasteiger partial charge in [-0.05, 0) is 109 Å². The van der Waals surface area contributed by atoms with Crippen LogP contribution in [0.5, 0.6) is 0 Å². The van der Waals surface area contributed by atoms with E-state index in [1.807, 2.05) is 34.6 Å². The molecule has 82 heavy (non-hydrogen) atoms. The highest BCUT2D eigenvalue weighted by molar-refractivity contribution is 6.01. The van der Waals surface area contributed by atoms with Crippen molar-refractivity contribution in [2.24, 2.45) is 35.3 Å². The van der Waals surface area contributed by atoms with E-state index in [0.29, 0.717) is 25.7 Å². The molecule has 12 N–H and O–H groups in total. The summed E-state index contributed by atoms with van der Waals surface area (Å²) in [6, 6.07) is -8.56. The lowest BCUT2D eigenvalue weighted by Crippen LogP contribution is -2.64. The molecule has 0 aromatic carbocycles. The smallest absolute Gasteiger partial charge is 0.248 e. The van der Waals surface area contributed by atoms with E-state index in [-0.39, 0.29) is 63.6 Å². The molecule has 2 fully saturated rings. The number of aliphatic hydroxyl groups excluding tert-OH is 1. The van der Waals surface area contributed by atoms with Crippen LogP contribution in [0.25, 0.3) is 0 Å². The van der Waals surface area contributed by atoms with E-state index in [2.05, 4.69) is 47.9 Å². The van der Waals surface area contributed by atoms with Gasteiger partial charge in [0.1, 0.15) is 58.9 Å². The van der Waals surface area contributed by atoms with Crippen LogP contribution in [0.4, 0.5) is 0 Å². The van der Waals surface area contributed by atoms with Crippen molar-refractivity contribution in [3.8, 4) is 0 Å². The second kappa shape index (κ2) is 31.3. The molecular weight excluding hydrogens is 1060 g/mol. The molecule has 2 heterocycles. The molecule has 2 rings (SSSR count). The molecule has 2 aliphatic heterocycles. The summed E-state index contributed by atoms with van der Waals surface area (Å²) >= 11 is 0. The first-order valence-corrected chi connectivity index (χ1v) is 29.2. The zero-order valence-electron chi connectivity index (χ0n) is 51.8. The minimum Gasteiger partial charge on any atom is -0.394 e. The van der Waals surface area contributed by atoms with Crippen LogP contribution in [-0.4, -0.2) is 170 Å². The molecule has 0 radical (unpaired) electrons. The van der Waals surface area contributed by atoms with Crippen molar-refractivity contribution < 1.29 is 62.6 Å². The topological polar surface area (TPSA) is 366 Å². The third-order valence-electron chi connectivity index (χ3n) is 15.5. The average Bonchev–Trinajstić information content (AvgIpc) is 4.09. The third-order valence-corrected chi connectivity index (χ3v) is 15.5. The number of carbonyl (C=O) groups is 12. The molecular formula is C57H100N12O13. The summed E-state index contributed by atoms with van der Waals surface area (Å²) in [6.07, 6.45) is 1.83. The van der Waals surface area contributed by atoms with E-state index < -0.39 is 154 Å². The van der Waals surface area contributed by atoms with Crippen molar-refractivity contribution in [1.29, 1.82) is 0 Å². The molecule has 12 amide bonds. The van der Waals surface area contributed by atoms with Gasteiger partial charge in [0, 0.05) is 26.4 Å². The number of aliphatic hydroxyl groups is 1. The summed E-state index contributed by atoms with van der Waals surface area (Å²) in [4.78, 5) is 167. The number of amides is 12. The van der Waals surface area contributed by atoms with Crippen LogP contribution in [0, 0.1) is 29.6 Å². The fourth-order valence-corrected chi connectivity index (χ4v) is 9.92. The molecule has 0 aliphatic carbocycles. The summed E-state index contributed by atoms with van der Waals surface area (Å²) < 4.78 is 0. The van der Waals surface area contributed by atoms with Crippen LogP contribution in [0.2, 0.25) is 0 Å². The van der Waals surface area contributed by atoms with Gasteiger partial charge in [-0.3, -0.25) is 57.5 Å². The highest BCUT2D eigenvalue weighted by Crippen LogP contribution is 2.25. The van der Waals surface area contributed by atoms with Crippen LogP contribution in [-0.2, 0) is 57.5 Å². The monoisotopic (exact) mass is 1160 g/mol. The highest BCUT2D eigenvalue weighted by Gasteiger charge is 2.46. The van der Waals surface area contributed by atoms with E-state index in [1.165, 1.54) is 51.3 Å². The molecule has 466 valence electrons. The fraction of sp³-hybridized carbons (Fsp3) is 0.789. The first-order chi connectivity index (χ1) is 37.9. The summed E-state index contributed by atoms with van der Waals surface area (Å²) in [5.41, 5.74) is 0.798. The van der Waals surface area contributed by atoms with Gasteiger partial charge in [0.05, 0.1) is 12.6 Å². The van der Waals surface area contributed by atoms with Gasteiger partial charge in [-0.1, -0.05) is 82.6 Å². The van der Waals surface area contributed by atoms with Crippen LogP contribution in [0.3, 0.4) is 0 Å². The van der Waals surface area contributed by atoms with Gasteiger partial charge >= 0.3 is 0 Å². The Morgan fingerprint density at radius 2 is 1.02 bits per heavy atom. The van der Waals surface area contributed by atoms with E-state index in [1.54, 1.807) is 41.5 Å². The van der Waals surface area contributed by atoms with Crippen LogP contribution < -0.4 is 53.6 Å². The standard InChI is InChI=1S/C57H100N12O13/c1-18-34(11)44(50(78)59-37(28-30(3)4)46(74)66-55(13,14)53(81)68-26-20-22-39(68)47(75)60-38(29-70)31(5)6)64-48(76)40-23-21-27-69(40)54(82)56(15,16)67-51(79)43(33(9)10)63-49(77)42(32(7)8)62-45(73)36(24-25-41(58)72)61-52(80)57(17,19-2)65-35(12)71/h30-34,36-40,42-44,70H,18-29H2,1-17H3,(H2,58,72)(H,59,78)(H,60,75)(H,61,80)(H,62,73)(H,63,77)(H,64,76)(H,65,71)(H,66,74)(H,67,79)/t34-,36-,37-,38+,39-,40-,42-,43-,44-,57+/m0/s1. The number of hydrogen-bond acceptors (Lipinski definition) is 13. The Bertz CT molecular complexity index is 2310. The minimum atomic E-state index is -1.65. The number of likely N-dealkylation sites (tertiary alicyclic amines) is 2. The summed E-state index contributed by atoms with van der Waals surface area (Å²) in [5.74, 6) is -9.50. The normalized spacial score (nSPS) is 18.9. The second-order valence-electron chi connectivity index (χ2n) is 25.0. The van der Waals surface area contributed by atoms with E-state index in [9.17, 15) is 62.6 Å². The van der Waals surface area contributed by atoms with Crippen molar-refractivity contribution in [1.82, 2.24) is 57.7 Å². The summed E-state index contributed by atoms with van der Waals surface area (Å²) in [6.45, 7) is 28.1. The molecule has 0 saturated carbocycles. The van der Waals surface area contributed by atoms with Gasteiger partial charge in [-0.2, -0.15) is 0 Å². The lowest BCUT2D eigenvalue weighted by Gasteiger charge is -2.36. The lowest BCUT2D eigenvalue weighted by atomic mass is 9.95. The predicted molar refractivity (Wildman–Crippen MR) is 307 cm³/mol. The van der Waals surface area contributed by atoms with Gasteiger partial charge in [0.2, 0.25) is 70.9 Å². The SMILES string of the molecule is CC[C@H](C)[C@H](NC(=O)[C@@H]1CCCN1C(=O)C(C)(C)NC(=O)[C@@H](NC(=O)[C@@H](NC(=O)[C@H](CCC(N)=O)NC(=O)[C@@](C)(CC)NC(C)=O)C(C)C)C(C)C)C(=O)N[C@@H](CC(C)C)C(=O)NC(C)(C)C(=O)N1CCC[C@H]1C(=O)N[C@H](CO)C(C)C. The molecule has 2 aliphatic rings. The zero-order chi connectivity index (χ0) is 62.9. The van der Waals surface area contributed by atoms with E-state index in [4.69, 9.17) is 5.73 Å². The van der Waals surface area contributed by atoms with E-state index >= 15 is 0 Å². The first-order valence-electron chi connectivity index (χ1n) is 29.2. The molecule has 0 unspecified atom stereocenters. The second-order valence-corrected chi connectivity index (χ2v) is 25.0. The summed E-state index contributed by atoms with van der Waals surface area (Å²) in [5, 5.41) is 34.4. The van der Waals surface area contributed by atoms with Crippen molar-refractivity contribution in [3.63, 3.8) is 0 Å². The molecule has 25 nitrogen and oxygen atoms in total. The summed E-state index contributed by atoms with van der Waals surface area (Å²) in [7, 11) is 0. The maximum atomic E-state index is 14.5. The van der Waals surface area contributed by atoms with Crippen molar-refractivity contribution in [3.05, 3.63) is 0 Å². The average molecular weight is 1160 g/mol. The fourth-order valence-electron chi connectivity index (χ4n) is 9.92. The molecule has 10 atom stereocenters. The van der Waals surface area contributed by atoms with Gasteiger partial charge in [-0.25, -0.2) is 0 Å². The highest BCUT2D eigenvalue weighted by atomic mass is 16.3. The quantitative estimate of drug-likeness (QED) is 0.0445. The van der Waals surface area contributed by atoms with Crippen LogP contribution in [0.15, 0.2) is 0 Å². The van der Waals surface area contributed by atoms with Crippen molar-refractivity contribution in [2.75, 3.05) is 19.7 Å². The minimum absolute atomic E-state index is 0.0532. The van der Waals surface area contributed by atoms with Crippen molar-refractivity contribution in [2.45, 2.75) is 240 Å². The van der Waals surface area contributed by atoms with Gasteiger partial charge in [0.15, 0.2) is 0 Å². The van der Waals surface area contributed by atoms with Crippen LogP contribution >= 0.6 is 0 Å². The molecule has 2 saturated heterocycles. The van der Waals surface area contributed by atoms with Gasteiger partial charge in [0.25, 0.3) is 0 Å². The molecule has 0 bridgehead atoms. The number of hydrogen-bond donors (Lipinski definition) is 11. The van der Waals surface area contributed by atoms with Gasteiger partial charge < -0.3 is 68.5 Å². The van der Waals surface area contributed by atoms with Gasteiger partial charge in [-0.15, -0.1) is 0 Å². The molecule has 0 aromatic heterocycles. The Morgan fingerprint density at radius 3 is 1.45 bits per heavy atom. The number of nitrogens with two attached hydrogens (primary N) is 1. The Morgan fingerprint density at radius 1 is 0.561 bits per heavy atom. The van der Waals surface area contributed by atoms with Crippen LogP contribution in [0.1, 0.15) is 175 Å². The Kier molecular flexibility index (Phi) is 27.4. The van der Waals surface area contributed by atoms with Crippen molar-refractivity contribution >= 4 is 70.9 Å². The Balaban J connectivity index is 2.29. The third kappa shape index (κ3) is 20.2. The maximum absolute atomic E-state index is 14.5. The van der Waals surface area contributed by atoms with E-state index in [0.717, 1.165) is 0 Å². The number of primary amides is 1.